The van der Waals surface area contributed by atoms with Gasteiger partial charge < -0.3 is 4.90 Å². The topological polar surface area (TPSA) is 3.24 Å². The van der Waals surface area contributed by atoms with Gasteiger partial charge in [0.1, 0.15) is 0 Å². The summed E-state index contributed by atoms with van der Waals surface area (Å²) < 4.78 is 0. The van der Waals surface area contributed by atoms with Gasteiger partial charge in [0.05, 0.1) is 16.1 Å². The number of fused-ring (bicyclic) bond motifs is 3. The fraction of sp³-hybridized carbons (Fsp3) is 0.0204. The van der Waals surface area contributed by atoms with Crippen LogP contribution >= 0.6 is 11.6 Å². The molecule has 0 saturated carbocycles. The lowest BCUT2D eigenvalue weighted by atomic mass is 9.67. The second kappa shape index (κ2) is 12.9. The molecule has 0 unspecified atom stereocenters. The normalized spacial score (nSPS) is 12.6. The molecule has 8 aromatic carbocycles. The van der Waals surface area contributed by atoms with E-state index in [4.69, 9.17) is 11.6 Å². The maximum Gasteiger partial charge on any atom is 0.0714 e. The van der Waals surface area contributed by atoms with Crippen molar-refractivity contribution in [2.75, 3.05) is 4.90 Å². The van der Waals surface area contributed by atoms with E-state index in [1.807, 2.05) is 0 Å². The van der Waals surface area contributed by atoms with E-state index in [-0.39, 0.29) is 0 Å². The molecule has 0 N–H and O–H groups in total. The number of nitrogens with zero attached hydrogens (tertiary/aromatic N) is 1. The minimum atomic E-state index is -0.534. The first-order chi connectivity index (χ1) is 25.2. The number of benzene rings is 8. The highest BCUT2D eigenvalue weighted by Gasteiger charge is 2.46. The minimum absolute atomic E-state index is 0.534. The molecule has 1 aliphatic carbocycles. The van der Waals surface area contributed by atoms with Crippen molar-refractivity contribution in [1.29, 1.82) is 0 Å². The third kappa shape index (κ3) is 5.26. The lowest BCUT2D eigenvalue weighted by molar-refractivity contribution is 0.768. The van der Waals surface area contributed by atoms with Crippen molar-refractivity contribution in [2.45, 2.75) is 5.41 Å². The molecule has 1 nitrogen and oxygen atoms in total. The van der Waals surface area contributed by atoms with Gasteiger partial charge in [0, 0.05) is 11.4 Å². The van der Waals surface area contributed by atoms with Gasteiger partial charge in [-0.05, 0) is 92.0 Å². The van der Waals surface area contributed by atoms with Gasteiger partial charge in [-0.25, -0.2) is 0 Å². The Morgan fingerprint density at radius 1 is 0.353 bits per heavy atom. The molecule has 0 amide bonds. The number of hydrogen-bond donors (Lipinski definition) is 0. The Labute approximate surface area is 304 Å². The van der Waals surface area contributed by atoms with Gasteiger partial charge in [-0.3, -0.25) is 0 Å². The first-order valence-corrected chi connectivity index (χ1v) is 17.8. The summed E-state index contributed by atoms with van der Waals surface area (Å²) in [5.41, 5.74) is 14.5. The van der Waals surface area contributed by atoms with Crippen LogP contribution in [-0.4, -0.2) is 0 Å². The maximum absolute atomic E-state index is 7.47. The lowest BCUT2D eigenvalue weighted by Crippen LogP contribution is -2.28. The Morgan fingerprint density at radius 3 is 1.25 bits per heavy atom. The second-order valence-electron chi connectivity index (χ2n) is 13.0. The van der Waals surface area contributed by atoms with Crippen molar-refractivity contribution < 1.29 is 0 Å². The molecule has 51 heavy (non-hydrogen) atoms. The molecular weight excluding hydrogens is 638 g/mol. The monoisotopic (exact) mass is 671 g/mol. The lowest BCUT2D eigenvalue weighted by Gasteiger charge is -2.35. The summed E-state index contributed by atoms with van der Waals surface area (Å²) in [6, 6.07) is 73.8. The molecule has 0 fully saturated rings. The van der Waals surface area contributed by atoms with E-state index in [2.05, 4.69) is 211 Å². The summed E-state index contributed by atoms with van der Waals surface area (Å²) >= 11 is 7.47. The quantitative estimate of drug-likeness (QED) is 0.163. The smallest absolute Gasteiger partial charge is 0.0714 e. The third-order valence-corrected chi connectivity index (χ3v) is 10.5. The summed E-state index contributed by atoms with van der Waals surface area (Å²) in [5.74, 6) is 0. The summed E-state index contributed by atoms with van der Waals surface area (Å²) in [5, 5.41) is 0.694. The van der Waals surface area contributed by atoms with Crippen molar-refractivity contribution in [1.82, 2.24) is 0 Å². The molecular formula is C49H34ClN. The Kier molecular flexibility index (Phi) is 7.84. The van der Waals surface area contributed by atoms with E-state index in [0.717, 1.165) is 22.6 Å². The van der Waals surface area contributed by atoms with E-state index in [1.165, 1.54) is 50.1 Å². The largest absolute Gasteiger partial charge is 0.309 e. The Hall–Kier alpha value is -6.15. The van der Waals surface area contributed by atoms with Gasteiger partial charge in [0.2, 0.25) is 0 Å². The van der Waals surface area contributed by atoms with Crippen molar-refractivity contribution in [2.24, 2.45) is 0 Å². The van der Waals surface area contributed by atoms with Crippen LogP contribution in [0.15, 0.2) is 206 Å². The molecule has 1 aliphatic rings. The zero-order chi connectivity index (χ0) is 34.2. The minimum Gasteiger partial charge on any atom is -0.309 e. The van der Waals surface area contributed by atoms with Crippen LogP contribution in [0.2, 0.25) is 5.02 Å². The summed E-state index contributed by atoms with van der Waals surface area (Å²) in [4.78, 5) is 2.30. The van der Waals surface area contributed by atoms with E-state index in [9.17, 15) is 0 Å². The molecule has 0 aromatic heterocycles. The molecule has 8 aromatic rings. The second-order valence-corrected chi connectivity index (χ2v) is 13.4. The van der Waals surface area contributed by atoms with E-state index < -0.39 is 5.41 Å². The van der Waals surface area contributed by atoms with E-state index >= 15 is 0 Å². The molecule has 0 radical (unpaired) electrons. The fourth-order valence-electron chi connectivity index (χ4n) is 7.92. The number of anilines is 3. The predicted molar refractivity (Wildman–Crippen MR) is 214 cm³/mol. The third-order valence-electron chi connectivity index (χ3n) is 10.2. The van der Waals surface area contributed by atoms with Gasteiger partial charge >= 0.3 is 0 Å². The number of rotatable bonds is 7. The van der Waals surface area contributed by atoms with Crippen LogP contribution in [0.5, 0.6) is 0 Å². The maximum atomic E-state index is 7.47. The van der Waals surface area contributed by atoms with Gasteiger partial charge in [0.25, 0.3) is 0 Å². The predicted octanol–water partition coefficient (Wildman–Crippen LogP) is 13.5. The number of hydrogen-bond acceptors (Lipinski definition) is 1. The molecule has 2 heteroatoms. The van der Waals surface area contributed by atoms with Gasteiger partial charge in [-0.2, -0.15) is 0 Å². The zero-order valence-corrected chi connectivity index (χ0v) is 28.7. The first-order valence-electron chi connectivity index (χ1n) is 17.4. The van der Waals surface area contributed by atoms with Crippen molar-refractivity contribution in [3.05, 3.63) is 234 Å². The average molecular weight is 672 g/mol. The highest BCUT2D eigenvalue weighted by atomic mass is 35.5. The van der Waals surface area contributed by atoms with Crippen LogP contribution in [0.3, 0.4) is 0 Å². The highest BCUT2D eigenvalue weighted by Crippen LogP contribution is 2.58. The highest BCUT2D eigenvalue weighted by molar-refractivity contribution is 6.34. The van der Waals surface area contributed by atoms with Crippen LogP contribution in [0.1, 0.15) is 22.3 Å². The van der Waals surface area contributed by atoms with Crippen molar-refractivity contribution >= 4 is 28.7 Å². The molecule has 0 spiro atoms. The van der Waals surface area contributed by atoms with Crippen LogP contribution in [0.4, 0.5) is 17.1 Å². The van der Waals surface area contributed by atoms with Crippen LogP contribution < -0.4 is 4.90 Å². The Morgan fingerprint density at radius 2 is 0.765 bits per heavy atom. The van der Waals surface area contributed by atoms with Crippen molar-refractivity contribution in [3.8, 4) is 33.4 Å². The Bertz CT molecular complexity index is 2320. The van der Waals surface area contributed by atoms with Gasteiger partial charge in [-0.1, -0.05) is 181 Å². The van der Waals surface area contributed by atoms with Crippen LogP contribution in [0.25, 0.3) is 33.4 Å². The SMILES string of the molecule is Clc1cc2c(cc1N(c1ccc(-c3ccccc3)cc1)c1ccc(-c3ccccc3)cc1)C(c1ccccc1)(c1ccccc1)c1ccccc1-2. The molecule has 0 heterocycles. The van der Waals surface area contributed by atoms with E-state index in [0.29, 0.717) is 5.02 Å². The number of halogens is 1. The molecule has 0 aliphatic heterocycles. The van der Waals surface area contributed by atoms with Gasteiger partial charge in [0.15, 0.2) is 0 Å². The summed E-state index contributed by atoms with van der Waals surface area (Å²) in [6.45, 7) is 0. The van der Waals surface area contributed by atoms with Gasteiger partial charge in [-0.15, -0.1) is 0 Å². The molecule has 0 saturated heterocycles. The summed E-state index contributed by atoms with van der Waals surface area (Å²) in [6.07, 6.45) is 0. The van der Waals surface area contributed by atoms with Crippen molar-refractivity contribution in [3.63, 3.8) is 0 Å². The molecule has 9 rings (SSSR count). The van der Waals surface area contributed by atoms with Crippen LogP contribution in [-0.2, 0) is 5.41 Å². The molecule has 0 bridgehead atoms. The van der Waals surface area contributed by atoms with Crippen LogP contribution in [0, 0.1) is 0 Å². The summed E-state index contributed by atoms with van der Waals surface area (Å²) in [7, 11) is 0. The average Bonchev–Trinajstić information content (AvgIpc) is 3.49. The van der Waals surface area contributed by atoms with E-state index in [1.54, 1.807) is 0 Å². The standard InChI is InChI=1S/C49H34ClN/c50-47-33-44-43-23-13-14-24-45(43)49(39-19-9-3-10-20-39,40-21-11-4-12-22-40)46(44)34-48(47)51(41-29-25-37(26-30-41)35-15-5-1-6-16-35)42-31-27-38(28-32-42)36-17-7-2-8-18-36/h1-34H. The molecule has 242 valence electrons. The first kappa shape index (κ1) is 30.9. The zero-order valence-electron chi connectivity index (χ0n) is 28.0. The fourth-order valence-corrected chi connectivity index (χ4v) is 8.16. The Balaban J connectivity index is 1.28. The molecule has 0 atom stereocenters.